The van der Waals surface area contributed by atoms with Crippen molar-refractivity contribution < 1.29 is 14.3 Å². The smallest absolute Gasteiger partial charge is 0.267 e. The van der Waals surface area contributed by atoms with Crippen LogP contribution < -0.4 is 9.47 Å². The Morgan fingerprint density at radius 2 is 1.72 bits per heavy atom. The van der Waals surface area contributed by atoms with Crippen LogP contribution in [-0.4, -0.2) is 35.0 Å². The molecule has 0 aliphatic carbocycles. The highest BCUT2D eigenvalue weighted by Gasteiger charge is 2.31. The number of rotatable bonds is 7. The van der Waals surface area contributed by atoms with Crippen LogP contribution >= 0.6 is 0 Å². The molecule has 1 aliphatic heterocycles. The van der Waals surface area contributed by atoms with E-state index in [4.69, 9.17) is 9.47 Å². The summed E-state index contributed by atoms with van der Waals surface area (Å²) in [5, 5.41) is 0. The number of ether oxygens (including phenoxy) is 2. The van der Waals surface area contributed by atoms with E-state index in [2.05, 4.69) is 17.1 Å². The van der Waals surface area contributed by atoms with Gasteiger partial charge in [0.05, 0.1) is 12.2 Å². The first-order valence-electron chi connectivity index (χ1n) is 9.91. The maximum atomic E-state index is 13.2. The molecule has 0 unspecified atom stereocenters. The number of aromatic nitrogens is 1. The van der Waals surface area contributed by atoms with Crippen LogP contribution in [0.25, 0.3) is 0 Å². The third-order valence-corrected chi connectivity index (χ3v) is 4.91. The number of benzene rings is 2. The number of hydrogen-bond acceptors (Lipinski definition) is 4. The van der Waals surface area contributed by atoms with E-state index in [1.807, 2.05) is 65.6 Å². The van der Waals surface area contributed by atoms with E-state index in [1.54, 1.807) is 6.20 Å². The fourth-order valence-corrected chi connectivity index (χ4v) is 3.42. The molecule has 1 atom stereocenters. The highest BCUT2D eigenvalue weighted by atomic mass is 16.6. The molecule has 0 N–H and O–H groups in total. The molecule has 29 heavy (non-hydrogen) atoms. The summed E-state index contributed by atoms with van der Waals surface area (Å²) in [6.45, 7) is 1.30. The van der Waals surface area contributed by atoms with Crippen molar-refractivity contribution in [1.82, 2.24) is 9.88 Å². The number of nitrogens with zero attached hydrogens (tertiary/aromatic N) is 2. The maximum Gasteiger partial charge on any atom is 0.267 e. The summed E-state index contributed by atoms with van der Waals surface area (Å²) < 4.78 is 11.7. The molecular formula is C24H24N2O3. The van der Waals surface area contributed by atoms with Crippen molar-refractivity contribution in [3.8, 4) is 11.5 Å². The molecule has 1 amide bonds. The van der Waals surface area contributed by atoms with Crippen LogP contribution in [0.2, 0.25) is 0 Å². The Kier molecular flexibility index (Phi) is 6.05. The van der Waals surface area contributed by atoms with Crippen molar-refractivity contribution >= 4 is 5.91 Å². The van der Waals surface area contributed by atoms with Crippen molar-refractivity contribution in [3.05, 3.63) is 90.3 Å². The number of carbonyl (C=O) groups excluding carboxylic acids is 1. The molecule has 2 heterocycles. The van der Waals surface area contributed by atoms with Crippen LogP contribution in [0.5, 0.6) is 11.5 Å². The predicted octanol–water partition coefficient (Wildman–Crippen LogP) is 3.88. The number of aryl methyl sites for hydroxylation is 1. The summed E-state index contributed by atoms with van der Waals surface area (Å²) >= 11 is 0. The van der Waals surface area contributed by atoms with Crippen molar-refractivity contribution in [1.29, 1.82) is 0 Å². The number of amides is 1. The first-order valence-corrected chi connectivity index (χ1v) is 9.91. The van der Waals surface area contributed by atoms with Gasteiger partial charge in [0.25, 0.3) is 5.91 Å². The van der Waals surface area contributed by atoms with Gasteiger partial charge in [0.2, 0.25) is 6.10 Å². The second kappa shape index (κ2) is 9.24. The van der Waals surface area contributed by atoms with Gasteiger partial charge >= 0.3 is 0 Å². The van der Waals surface area contributed by atoms with E-state index < -0.39 is 6.10 Å². The molecule has 1 aliphatic rings. The molecule has 0 saturated heterocycles. The summed E-state index contributed by atoms with van der Waals surface area (Å²) in [5.41, 5.74) is 2.13. The average Bonchev–Trinajstić information content (AvgIpc) is 2.79. The van der Waals surface area contributed by atoms with Crippen molar-refractivity contribution in [2.75, 3.05) is 13.2 Å². The van der Waals surface area contributed by atoms with Gasteiger partial charge in [-0.3, -0.25) is 9.78 Å². The Morgan fingerprint density at radius 1 is 0.966 bits per heavy atom. The molecule has 5 heteroatoms. The molecule has 0 bridgehead atoms. The largest absolute Gasteiger partial charge is 0.485 e. The van der Waals surface area contributed by atoms with Crippen molar-refractivity contribution in [2.45, 2.75) is 25.5 Å². The van der Waals surface area contributed by atoms with Gasteiger partial charge in [-0.15, -0.1) is 0 Å². The van der Waals surface area contributed by atoms with E-state index in [0.29, 0.717) is 24.6 Å². The molecule has 4 rings (SSSR count). The van der Waals surface area contributed by atoms with E-state index in [9.17, 15) is 4.79 Å². The van der Waals surface area contributed by atoms with Gasteiger partial charge in [0.1, 0.15) is 6.61 Å². The zero-order valence-electron chi connectivity index (χ0n) is 16.2. The van der Waals surface area contributed by atoms with E-state index in [1.165, 1.54) is 5.56 Å². The minimum absolute atomic E-state index is 0.0711. The summed E-state index contributed by atoms with van der Waals surface area (Å²) in [6.07, 6.45) is 2.88. The monoisotopic (exact) mass is 388 g/mol. The molecule has 0 spiro atoms. The molecule has 0 fully saturated rings. The van der Waals surface area contributed by atoms with E-state index in [-0.39, 0.29) is 12.5 Å². The van der Waals surface area contributed by atoms with Gasteiger partial charge in [-0.1, -0.05) is 48.5 Å². The first kappa shape index (κ1) is 19.0. The summed E-state index contributed by atoms with van der Waals surface area (Å²) in [6, 6.07) is 23.5. The quantitative estimate of drug-likeness (QED) is 0.616. The highest BCUT2D eigenvalue weighted by molar-refractivity contribution is 5.82. The van der Waals surface area contributed by atoms with Crippen LogP contribution in [-0.2, 0) is 17.8 Å². The summed E-state index contributed by atoms with van der Waals surface area (Å²) in [5.74, 6) is 1.22. The van der Waals surface area contributed by atoms with Crippen LogP contribution in [0.1, 0.15) is 17.7 Å². The van der Waals surface area contributed by atoms with Gasteiger partial charge in [-0.25, -0.2) is 0 Å². The predicted molar refractivity (Wildman–Crippen MR) is 111 cm³/mol. The zero-order valence-corrected chi connectivity index (χ0v) is 16.2. The first-order chi connectivity index (χ1) is 14.3. The average molecular weight is 388 g/mol. The standard InChI is InChI=1S/C24H24N2O3/c27-24(23-18-28-21-13-4-5-14-22(21)29-23)26(17-20-12-6-7-15-25-20)16-8-11-19-9-2-1-3-10-19/h1-7,9-10,12-15,23H,8,11,16-18H2/t23-/m1/s1. The third kappa shape index (κ3) is 4.93. The topological polar surface area (TPSA) is 51.7 Å². The molecule has 2 aromatic carbocycles. The zero-order chi connectivity index (χ0) is 19.9. The lowest BCUT2D eigenvalue weighted by molar-refractivity contribution is -0.142. The third-order valence-electron chi connectivity index (χ3n) is 4.91. The number of fused-ring (bicyclic) bond motifs is 1. The van der Waals surface area contributed by atoms with Crippen LogP contribution in [0.15, 0.2) is 79.0 Å². The van der Waals surface area contributed by atoms with Gasteiger partial charge < -0.3 is 14.4 Å². The molecular weight excluding hydrogens is 364 g/mol. The Balaban J connectivity index is 1.44. The van der Waals surface area contributed by atoms with Crippen LogP contribution in [0, 0.1) is 0 Å². The Labute approximate surface area is 170 Å². The van der Waals surface area contributed by atoms with Gasteiger partial charge in [-0.05, 0) is 42.7 Å². The number of hydrogen-bond donors (Lipinski definition) is 0. The van der Waals surface area contributed by atoms with Crippen molar-refractivity contribution in [2.24, 2.45) is 0 Å². The highest BCUT2D eigenvalue weighted by Crippen LogP contribution is 2.31. The van der Waals surface area contributed by atoms with Gasteiger partial charge in [0.15, 0.2) is 11.5 Å². The fraction of sp³-hybridized carbons (Fsp3) is 0.250. The van der Waals surface area contributed by atoms with Gasteiger partial charge in [-0.2, -0.15) is 0 Å². The minimum Gasteiger partial charge on any atom is -0.485 e. The second-order valence-electron chi connectivity index (χ2n) is 7.03. The Bertz CT molecular complexity index is 931. The SMILES string of the molecule is O=C([C@H]1COc2ccccc2O1)N(CCCc1ccccc1)Cc1ccccn1. The molecule has 3 aromatic rings. The molecule has 148 valence electrons. The second-order valence-corrected chi connectivity index (χ2v) is 7.03. The summed E-state index contributed by atoms with van der Waals surface area (Å²) in [4.78, 5) is 19.5. The lowest BCUT2D eigenvalue weighted by Crippen LogP contribution is -2.46. The molecule has 0 radical (unpaired) electrons. The van der Waals surface area contributed by atoms with E-state index in [0.717, 1.165) is 18.5 Å². The van der Waals surface area contributed by atoms with Crippen LogP contribution in [0.3, 0.4) is 0 Å². The Morgan fingerprint density at radius 3 is 2.52 bits per heavy atom. The lowest BCUT2D eigenvalue weighted by atomic mass is 10.1. The van der Waals surface area contributed by atoms with Crippen molar-refractivity contribution in [3.63, 3.8) is 0 Å². The summed E-state index contributed by atoms with van der Waals surface area (Å²) in [7, 11) is 0. The van der Waals surface area contributed by atoms with Crippen LogP contribution in [0.4, 0.5) is 0 Å². The fourth-order valence-electron chi connectivity index (χ4n) is 3.42. The van der Waals surface area contributed by atoms with E-state index >= 15 is 0 Å². The van der Waals surface area contributed by atoms with Gasteiger partial charge in [0, 0.05) is 12.7 Å². The molecule has 0 saturated carbocycles. The normalized spacial score (nSPS) is 15.0. The number of pyridine rings is 1. The lowest BCUT2D eigenvalue weighted by Gasteiger charge is -2.30. The maximum absolute atomic E-state index is 13.2. The number of para-hydroxylation sites is 2. The molecule has 5 nitrogen and oxygen atoms in total. The number of carbonyl (C=O) groups is 1. The molecule has 1 aromatic heterocycles. The minimum atomic E-state index is -0.648. The Hall–Kier alpha value is -3.34.